The highest BCUT2D eigenvalue weighted by molar-refractivity contribution is 8.70. The second kappa shape index (κ2) is 9.74. The summed E-state index contributed by atoms with van der Waals surface area (Å²) in [5.41, 5.74) is 3.24. The number of carbonyl (C=O) groups excluding carboxylic acids is 2. The van der Waals surface area contributed by atoms with Crippen LogP contribution in [0.4, 0.5) is 0 Å². The molecule has 2 aliphatic heterocycles. The van der Waals surface area contributed by atoms with Crippen molar-refractivity contribution in [2.45, 2.75) is 36.4 Å². The number of amides is 2. The van der Waals surface area contributed by atoms with Crippen molar-refractivity contribution in [1.82, 2.24) is 10.2 Å². The predicted octanol–water partition coefficient (Wildman–Crippen LogP) is -1.18. The summed E-state index contributed by atoms with van der Waals surface area (Å²) < 4.78 is 36.1. The molecule has 0 aromatic rings. The van der Waals surface area contributed by atoms with Crippen LogP contribution in [0.5, 0.6) is 0 Å². The number of nitrogens with one attached hydrogen (secondary N) is 1. The van der Waals surface area contributed by atoms with E-state index in [1.165, 1.54) is 7.11 Å². The fourth-order valence-corrected chi connectivity index (χ4v) is 6.05. The Morgan fingerprint density at radius 1 is 1.42 bits per heavy atom. The zero-order valence-corrected chi connectivity index (χ0v) is 18.6. The van der Waals surface area contributed by atoms with E-state index >= 15 is 0 Å². The molecule has 3 unspecified atom stereocenters. The number of hydrogen-bond acceptors (Lipinski definition) is 10. The molecule has 2 rings (SSSR count). The van der Waals surface area contributed by atoms with Gasteiger partial charge in [0.05, 0.1) is 0 Å². The van der Waals surface area contributed by atoms with Crippen LogP contribution in [0.1, 0.15) is 19.3 Å². The number of nitrogens with two attached hydrogens (primary N) is 1. The number of ether oxygens (including phenoxy) is 1. The first-order chi connectivity index (χ1) is 14.3. The zero-order chi connectivity index (χ0) is 23.6. The van der Waals surface area contributed by atoms with Gasteiger partial charge in [0, 0.05) is 35.8 Å². The van der Waals surface area contributed by atoms with Gasteiger partial charge in [0.15, 0.2) is 0 Å². The van der Waals surface area contributed by atoms with E-state index in [0.717, 1.165) is 16.7 Å². The normalized spacial score (nSPS) is 24.3. The van der Waals surface area contributed by atoms with Crippen molar-refractivity contribution in [2.24, 2.45) is 5.73 Å². The maximum Gasteiger partial charge on any atom is 0.352 e. The molecule has 174 valence electrons. The first-order valence-corrected chi connectivity index (χ1v) is 12.7. The molecule has 13 nitrogen and oxygen atoms in total. The van der Waals surface area contributed by atoms with E-state index in [1.807, 2.05) is 0 Å². The summed E-state index contributed by atoms with van der Waals surface area (Å²) >= 11 is 1.06. The number of fused-ring (bicyclic) bond motifs is 1. The molecule has 2 amide bonds. The average Bonchev–Trinajstić information content (AvgIpc) is 2.68. The number of thioether (sulfide) groups is 1. The van der Waals surface area contributed by atoms with Gasteiger partial charge in [-0.2, -0.15) is 8.42 Å². The predicted molar refractivity (Wildman–Crippen MR) is 109 cm³/mol. The Labute approximate surface area is 184 Å². The molecule has 16 heteroatoms. The molecule has 0 saturated carbocycles. The van der Waals surface area contributed by atoms with Crippen molar-refractivity contribution in [3.8, 4) is 0 Å². The van der Waals surface area contributed by atoms with E-state index in [4.69, 9.17) is 20.1 Å². The summed E-state index contributed by atoms with van der Waals surface area (Å²) in [4.78, 5) is 48.5. The quantitative estimate of drug-likeness (QED) is 0.0980. The van der Waals surface area contributed by atoms with Crippen LogP contribution in [0, 0.1) is 0 Å². The molecule has 0 radical (unpaired) electrons. The number of aliphatic carboxylic acids is 2. The Morgan fingerprint density at radius 3 is 2.58 bits per heavy atom. The smallest absolute Gasteiger partial charge is 0.352 e. The molecule has 0 bridgehead atoms. The van der Waals surface area contributed by atoms with Crippen LogP contribution in [0.3, 0.4) is 0 Å². The number of rotatable bonds is 11. The Balaban J connectivity index is 2.14. The van der Waals surface area contributed by atoms with Crippen molar-refractivity contribution >= 4 is 55.5 Å². The summed E-state index contributed by atoms with van der Waals surface area (Å²) in [5, 5.41) is 19.8. The third kappa shape index (κ3) is 5.50. The van der Waals surface area contributed by atoms with Gasteiger partial charge < -0.3 is 26.0 Å². The van der Waals surface area contributed by atoms with Gasteiger partial charge in [0.25, 0.3) is 11.6 Å². The Morgan fingerprint density at radius 2 is 2.06 bits per heavy atom. The maximum atomic E-state index is 12.8. The zero-order valence-electron chi connectivity index (χ0n) is 16.1. The van der Waals surface area contributed by atoms with Crippen molar-refractivity contribution in [2.75, 3.05) is 18.6 Å². The summed E-state index contributed by atoms with van der Waals surface area (Å²) in [6.07, 6.45) is 0.0579. The maximum absolute atomic E-state index is 12.8. The lowest BCUT2D eigenvalue weighted by Crippen LogP contribution is -2.80. The van der Waals surface area contributed by atoms with Crippen molar-refractivity contribution in [3.05, 3.63) is 11.3 Å². The van der Waals surface area contributed by atoms with Crippen LogP contribution in [-0.4, -0.2) is 87.6 Å². The molecule has 2 heterocycles. The largest absolute Gasteiger partial charge is 0.480 e. The van der Waals surface area contributed by atoms with Gasteiger partial charge in [0.1, 0.15) is 17.1 Å². The van der Waals surface area contributed by atoms with E-state index in [-0.39, 0.29) is 47.1 Å². The van der Waals surface area contributed by atoms with Crippen LogP contribution in [0.15, 0.2) is 11.3 Å². The number of carbonyl (C=O) groups is 4. The van der Waals surface area contributed by atoms with E-state index in [1.54, 1.807) is 0 Å². The van der Waals surface area contributed by atoms with Crippen LogP contribution in [0.25, 0.3) is 0 Å². The number of hydrogen-bond donors (Lipinski definition) is 5. The van der Waals surface area contributed by atoms with E-state index in [2.05, 4.69) is 5.32 Å². The number of β-lactam (4-membered cyclic amide) rings is 1. The first-order valence-electron chi connectivity index (χ1n) is 8.71. The van der Waals surface area contributed by atoms with Crippen LogP contribution < -0.4 is 11.1 Å². The second-order valence-electron chi connectivity index (χ2n) is 6.61. The van der Waals surface area contributed by atoms with Crippen LogP contribution >= 0.6 is 22.6 Å². The van der Waals surface area contributed by atoms with Gasteiger partial charge in [-0.3, -0.25) is 23.8 Å². The van der Waals surface area contributed by atoms with E-state index < -0.39 is 55.7 Å². The molecule has 3 atom stereocenters. The van der Waals surface area contributed by atoms with Gasteiger partial charge in [0.2, 0.25) is 5.91 Å². The molecular formula is C15H21N3O10S3. The topological polar surface area (TPSA) is 214 Å². The molecule has 0 aliphatic carbocycles. The van der Waals surface area contributed by atoms with Gasteiger partial charge in [-0.15, -0.1) is 11.8 Å². The minimum absolute atomic E-state index is 0.0209. The molecule has 6 N–H and O–H groups in total. The molecule has 31 heavy (non-hydrogen) atoms. The van der Waals surface area contributed by atoms with E-state index in [0.29, 0.717) is 0 Å². The highest BCUT2D eigenvalue weighted by Crippen LogP contribution is 2.47. The fourth-order valence-electron chi connectivity index (χ4n) is 3.08. The molecule has 2 aliphatic rings. The minimum atomic E-state index is -4.41. The average molecular weight is 500 g/mol. The van der Waals surface area contributed by atoms with Crippen LogP contribution in [-0.2, 0) is 33.1 Å². The summed E-state index contributed by atoms with van der Waals surface area (Å²) in [5.74, 6) is -4.47. The number of nitrogens with zero attached hydrogens (tertiary/aromatic N) is 1. The molecule has 0 aromatic carbocycles. The third-order valence-electron chi connectivity index (χ3n) is 4.58. The monoisotopic (exact) mass is 499 g/mol. The molecule has 1 fully saturated rings. The van der Waals surface area contributed by atoms with Gasteiger partial charge in [-0.25, -0.2) is 4.79 Å². The summed E-state index contributed by atoms with van der Waals surface area (Å²) in [6, 6.07) is -1.12. The Kier molecular flexibility index (Phi) is 7.99. The highest BCUT2D eigenvalue weighted by Gasteiger charge is 2.66. The first kappa shape index (κ1) is 25.4. The summed E-state index contributed by atoms with van der Waals surface area (Å²) in [7, 11) is -3.12. The summed E-state index contributed by atoms with van der Waals surface area (Å²) in [6.45, 7) is 0. The van der Waals surface area contributed by atoms with Crippen molar-refractivity contribution in [3.63, 3.8) is 0 Å². The molecular weight excluding hydrogens is 478 g/mol. The molecule has 0 aromatic heterocycles. The number of carboxylic acids is 2. The SMILES string of the molecule is COC1(NC(=O)CCCC(N)C(=O)O)C(=O)N2C(C(=O)O)=C(CSS(=O)(=O)O)CSC21. The van der Waals surface area contributed by atoms with Gasteiger partial charge in [-0.05, 0) is 18.4 Å². The molecule has 0 spiro atoms. The van der Waals surface area contributed by atoms with E-state index in [9.17, 15) is 32.7 Å². The lowest BCUT2D eigenvalue weighted by atomic mass is 9.98. The minimum Gasteiger partial charge on any atom is -0.480 e. The second-order valence-corrected chi connectivity index (χ2v) is 11.0. The van der Waals surface area contributed by atoms with Crippen LogP contribution in [0.2, 0.25) is 0 Å². The number of methoxy groups -OCH3 is 1. The standard InChI is InChI=1S/C15H21N3O10S3/c1-28-15(17-9(19)4-2-3-8(16)11(20)21)13(24)18-10(12(22)23)7(5-29-14(15)18)6-30-31(25,26)27/h8,14H,2-6,16H2,1H3,(H,17,19)(H,20,21)(H,22,23)(H,25,26,27). The molecule has 1 saturated heterocycles. The van der Waals surface area contributed by atoms with Gasteiger partial charge in [-0.1, -0.05) is 0 Å². The Hall–Kier alpha value is -1.85. The Bertz CT molecular complexity index is 921. The van der Waals surface area contributed by atoms with Gasteiger partial charge >= 0.3 is 21.1 Å². The highest BCUT2D eigenvalue weighted by atomic mass is 33.1. The number of carboxylic acid groups (broad SMARTS) is 2. The van der Waals surface area contributed by atoms with Crippen molar-refractivity contribution in [1.29, 1.82) is 0 Å². The lowest BCUT2D eigenvalue weighted by Gasteiger charge is -2.55. The van der Waals surface area contributed by atoms with Crippen molar-refractivity contribution < 1.29 is 47.1 Å². The fraction of sp³-hybridized carbons (Fsp3) is 0.600. The third-order valence-corrected chi connectivity index (χ3v) is 7.96. The lowest BCUT2D eigenvalue weighted by molar-refractivity contribution is -0.192.